The molecule has 0 bridgehead atoms. The zero-order valence-corrected chi connectivity index (χ0v) is 18.3. The van der Waals surface area contributed by atoms with Crippen LogP contribution in [0.3, 0.4) is 0 Å². The molecule has 2 aromatic carbocycles. The largest absolute Gasteiger partial charge is 0.333 e. The van der Waals surface area contributed by atoms with Crippen molar-refractivity contribution in [3.63, 3.8) is 0 Å². The summed E-state index contributed by atoms with van der Waals surface area (Å²) in [5.41, 5.74) is 2.20. The van der Waals surface area contributed by atoms with Gasteiger partial charge in [0.2, 0.25) is 5.91 Å². The summed E-state index contributed by atoms with van der Waals surface area (Å²) in [6.45, 7) is 3.55. The van der Waals surface area contributed by atoms with Gasteiger partial charge < -0.3 is 5.32 Å². The highest BCUT2D eigenvalue weighted by Crippen LogP contribution is 2.16. The fourth-order valence-corrected chi connectivity index (χ4v) is 3.60. The Labute approximate surface area is 188 Å². The molecule has 2 heterocycles. The van der Waals surface area contributed by atoms with Gasteiger partial charge in [0.25, 0.3) is 5.56 Å². The average molecular weight is 450 g/mol. The molecule has 1 N–H and O–H groups in total. The maximum absolute atomic E-state index is 13.2. The van der Waals surface area contributed by atoms with Crippen molar-refractivity contribution in [2.45, 2.75) is 26.9 Å². The average Bonchev–Trinajstić information content (AvgIpc) is 2.77. The van der Waals surface area contributed by atoms with Gasteiger partial charge in [0, 0.05) is 23.1 Å². The Balaban J connectivity index is 1.74. The van der Waals surface area contributed by atoms with Gasteiger partial charge in [-0.1, -0.05) is 41.4 Å². The Morgan fingerprint density at radius 2 is 1.72 bits per heavy atom. The lowest BCUT2D eigenvalue weighted by Gasteiger charge is -2.14. The van der Waals surface area contributed by atoms with E-state index in [9.17, 15) is 14.4 Å². The van der Waals surface area contributed by atoms with Crippen LogP contribution in [0.2, 0.25) is 5.02 Å². The van der Waals surface area contributed by atoms with Crippen molar-refractivity contribution in [1.29, 1.82) is 0 Å². The van der Waals surface area contributed by atoms with E-state index < -0.39 is 17.2 Å². The highest BCUT2D eigenvalue weighted by atomic mass is 35.5. The molecule has 162 valence electrons. The Hall–Kier alpha value is -3.78. The van der Waals surface area contributed by atoms with Crippen molar-refractivity contribution in [2.75, 3.05) is 5.32 Å². The number of hydrogen-bond donors (Lipinski definition) is 1. The number of amides is 1. The van der Waals surface area contributed by atoms with Crippen LogP contribution in [-0.2, 0) is 17.9 Å². The molecule has 0 saturated carbocycles. The van der Waals surface area contributed by atoms with Crippen LogP contribution in [0.15, 0.2) is 64.4 Å². The van der Waals surface area contributed by atoms with E-state index in [0.717, 1.165) is 15.7 Å². The standard InChI is InChI=1S/C23H20ClN5O3/c1-14-3-8-18(15(2)11-14)27-19(30)13-28-21-20(25-9-10-26-21)22(31)29(23(28)32)12-16-4-6-17(24)7-5-16/h3-11H,12-13H2,1-2H3,(H,27,30). The molecule has 4 rings (SSSR count). The summed E-state index contributed by atoms with van der Waals surface area (Å²) in [6, 6.07) is 12.5. The van der Waals surface area contributed by atoms with Crippen LogP contribution in [0.25, 0.3) is 11.2 Å². The fraction of sp³-hybridized carbons (Fsp3) is 0.174. The third-order valence-electron chi connectivity index (χ3n) is 5.06. The number of carbonyl (C=O) groups excluding carboxylic acids is 1. The van der Waals surface area contributed by atoms with Gasteiger partial charge in [0.15, 0.2) is 11.2 Å². The second-order valence-electron chi connectivity index (χ2n) is 7.48. The summed E-state index contributed by atoms with van der Waals surface area (Å²) in [4.78, 5) is 47.2. The Morgan fingerprint density at radius 3 is 2.44 bits per heavy atom. The minimum absolute atomic E-state index is 0.0139. The first kappa shape index (κ1) is 21.5. The number of carbonyl (C=O) groups is 1. The van der Waals surface area contributed by atoms with Gasteiger partial charge >= 0.3 is 5.69 Å². The van der Waals surface area contributed by atoms with Crippen molar-refractivity contribution in [2.24, 2.45) is 0 Å². The van der Waals surface area contributed by atoms with Gasteiger partial charge in [-0.15, -0.1) is 0 Å². The summed E-state index contributed by atoms with van der Waals surface area (Å²) in [5.74, 6) is -0.414. The zero-order valence-electron chi connectivity index (χ0n) is 17.5. The smallest absolute Gasteiger partial charge is 0.324 e. The number of aryl methyl sites for hydroxylation is 2. The van der Waals surface area contributed by atoms with Crippen LogP contribution < -0.4 is 16.6 Å². The normalized spacial score (nSPS) is 11.0. The summed E-state index contributed by atoms with van der Waals surface area (Å²) in [6.07, 6.45) is 2.75. The second-order valence-corrected chi connectivity index (χ2v) is 7.92. The van der Waals surface area contributed by atoms with Gasteiger partial charge in [-0.2, -0.15) is 0 Å². The molecule has 0 spiro atoms. The lowest BCUT2D eigenvalue weighted by Crippen LogP contribution is -2.42. The molecular formula is C23H20ClN5O3. The number of hydrogen-bond acceptors (Lipinski definition) is 5. The first-order chi connectivity index (χ1) is 15.3. The molecule has 0 radical (unpaired) electrons. The van der Waals surface area contributed by atoms with Crippen LogP contribution >= 0.6 is 11.6 Å². The van der Waals surface area contributed by atoms with Gasteiger partial charge in [0.05, 0.1) is 6.54 Å². The van der Waals surface area contributed by atoms with E-state index in [1.54, 1.807) is 24.3 Å². The summed E-state index contributed by atoms with van der Waals surface area (Å²) >= 11 is 5.93. The predicted octanol–water partition coefficient (Wildman–Crippen LogP) is 2.91. The molecule has 0 aliphatic carbocycles. The molecule has 1 amide bonds. The highest BCUT2D eigenvalue weighted by molar-refractivity contribution is 6.30. The Morgan fingerprint density at radius 1 is 1.00 bits per heavy atom. The number of rotatable bonds is 5. The number of anilines is 1. The molecule has 8 nitrogen and oxygen atoms in total. The van der Waals surface area contributed by atoms with Crippen LogP contribution in [0.1, 0.15) is 16.7 Å². The first-order valence-electron chi connectivity index (χ1n) is 9.89. The highest BCUT2D eigenvalue weighted by Gasteiger charge is 2.18. The maximum Gasteiger partial charge on any atom is 0.333 e. The first-order valence-corrected chi connectivity index (χ1v) is 10.3. The van der Waals surface area contributed by atoms with Gasteiger partial charge in [-0.3, -0.25) is 18.7 Å². The molecule has 0 aliphatic rings. The second kappa shape index (κ2) is 8.76. The van der Waals surface area contributed by atoms with Crippen molar-refractivity contribution >= 4 is 34.4 Å². The van der Waals surface area contributed by atoms with Crippen LogP contribution in [0.5, 0.6) is 0 Å². The maximum atomic E-state index is 13.2. The summed E-state index contributed by atoms with van der Waals surface area (Å²) < 4.78 is 2.21. The molecule has 32 heavy (non-hydrogen) atoms. The Bertz CT molecular complexity index is 1440. The van der Waals surface area contributed by atoms with Crippen LogP contribution in [0, 0.1) is 13.8 Å². The van der Waals surface area contributed by atoms with E-state index in [1.165, 1.54) is 17.0 Å². The number of benzene rings is 2. The van der Waals surface area contributed by atoms with Gasteiger partial charge in [-0.05, 0) is 43.2 Å². The van der Waals surface area contributed by atoms with Crippen molar-refractivity contribution in [1.82, 2.24) is 19.1 Å². The molecular weight excluding hydrogens is 430 g/mol. The van der Waals surface area contributed by atoms with E-state index in [2.05, 4.69) is 15.3 Å². The molecule has 2 aromatic heterocycles. The SMILES string of the molecule is Cc1ccc(NC(=O)Cn2c(=O)n(Cc3ccc(Cl)cc3)c(=O)c3nccnc32)c(C)c1. The quantitative estimate of drug-likeness (QED) is 0.505. The van der Waals surface area contributed by atoms with Crippen LogP contribution in [-0.4, -0.2) is 25.0 Å². The molecule has 0 saturated heterocycles. The monoisotopic (exact) mass is 449 g/mol. The summed E-state index contributed by atoms with van der Waals surface area (Å²) in [7, 11) is 0. The number of aromatic nitrogens is 4. The number of halogens is 1. The van der Waals surface area contributed by atoms with Gasteiger partial charge in [-0.25, -0.2) is 14.8 Å². The van der Waals surface area contributed by atoms with Gasteiger partial charge in [0.1, 0.15) is 6.54 Å². The lowest BCUT2D eigenvalue weighted by atomic mass is 10.1. The molecule has 0 atom stereocenters. The number of fused-ring (bicyclic) bond motifs is 1. The summed E-state index contributed by atoms with van der Waals surface area (Å²) in [5, 5.41) is 3.37. The van der Waals surface area contributed by atoms with E-state index in [1.807, 2.05) is 32.0 Å². The lowest BCUT2D eigenvalue weighted by molar-refractivity contribution is -0.116. The van der Waals surface area contributed by atoms with Crippen molar-refractivity contribution < 1.29 is 4.79 Å². The molecule has 4 aromatic rings. The molecule has 0 fully saturated rings. The zero-order chi connectivity index (χ0) is 22.8. The van der Waals surface area contributed by atoms with E-state index >= 15 is 0 Å². The third kappa shape index (κ3) is 4.31. The molecule has 0 aliphatic heterocycles. The predicted molar refractivity (Wildman–Crippen MR) is 123 cm³/mol. The molecule has 0 unspecified atom stereocenters. The van der Waals surface area contributed by atoms with E-state index in [-0.39, 0.29) is 24.3 Å². The van der Waals surface area contributed by atoms with E-state index in [0.29, 0.717) is 16.3 Å². The van der Waals surface area contributed by atoms with E-state index in [4.69, 9.17) is 11.6 Å². The van der Waals surface area contributed by atoms with Crippen LogP contribution in [0.4, 0.5) is 5.69 Å². The Kier molecular flexibility index (Phi) is 5.87. The fourth-order valence-electron chi connectivity index (χ4n) is 3.47. The molecule has 9 heteroatoms. The number of nitrogens with one attached hydrogen (secondary N) is 1. The minimum atomic E-state index is -0.645. The van der Waals surface area contributed by atoms with Crippen molar-refractivity contribution in [3.8, 4) is 0 Å². The topological polar surface area (TPSA) is 98.9 Å². The third-order valence-corrected chi connectivity index (χ3v) is 5.31. The minimum Gasteiger partial charge on any atom is -0.324 e. The number of nitrogens with zero attached hydrogens (tertiary/aromatic N) is 4. The van der Waals surface area contributed by atoms with Crippen molar-refractivity contribution in [3.05, 3.63) is 97.4 Å².